The third-order valence-electron chi connectivity index (χ3n) is 5.86. The minimum Gasteiger partial charge on any atom is -0.477 e. The molecule has 2 N–H and O–H groups in total. The maximum absolute atomic E-state index is 14.5. The van der Waals surface area contributed by atoms with E-state index in [1.165, 1.54) is 21.3 Å². The van der Waals surface area contributed by atoms with Crippen molar-refractivity contribution in [2.75, 3.05) is 12.4 Å². The summed E-state index contributed by atoms with van der Waals surface area (Å²) in [5, 5.41) is 12.7. The second-order valence-electron chi connectivity index (χ2n) is 7.86. The van der Waals surface area contributed by atoms with E-state index in [2.05, 4.69) is 15.3 Å². The number of pyridine rings is 1. The molecule has 1 saturated carbocycles. The molecule has 3 heterocycles. The molecule has 4 rings (SSSR count). The molecule has 10 heteroatoms. The number of anilines is 2. The molecule has 0 amide bonds. The number of carbonyl (C=O) groups is 1. The smallest absolute Gasteiger partial charge is 0.352 e. The van der Waals surface area contributed by atoms with Crippen LogP contribution < -0.4 is 10.9 Å². The third kappa shape index (κ3) is 3.90. The summed E-state index contributed by atoms with van der Waals surface area (Å²) in [5.41, 5.74) is 0.770. The Labute approximate surface area is 177 Å². The van der Waals surface area contributed by atoms with Crippen molar-refractivity contribution in [2.24, 2.45) is 7.05 Å². The molecule has 0 bridgehead atoms. The molecule has 3 aromatic rings. The lowest BCUT2D eigenvalue weighted by molar-refractivity contribution is 0.0583. The van der Waals surface area contributed by atoms with Gasteiger partial charge in [-0.2, -0.15) is 4.98 Å². The van der Waals surface area contributed by atoms with Crippen LogP contribution in [0.2, 0.25) is 0 Å². The number of hydrogen-bond donors (Lipinski definition) is 2. The van der Waals surface area contributed by atoms with Crippen LogP contribution in [-0.2, 0) is 11.8 Å². The molecule has 164 valence electrons. The summed E-state index contributed by atoms with van der Waals surface area (Å²) in [4.78, 5) is 32.9. The van der Waals surface area contributed by atoms with Gasteiger partial charge in [0.2, 0.25) is 5.95 Å². The fraction of sp³-hybridized carbons (Fsp3) is 0.429. The average Bonchev–Trinajstić information content (AvgIpc) is 3.10. The molecule has 1 aliphatic rings. The number of methoxy groups -OCH3 is 1. The Balaban J connectivity index is 1.78. The van der Waals surface area contributed by atoms with Gasteiger partial charge in [-0.1, -0.05) is 0 Å². The largest absolute Gasteiger partial charge is 0.477 e. The van der Waals surface area contributed by atoms with E-state index in [9.17, 15) is 19.1 Å². The number of carboxylic acids is 1. The summed E-state index contributed by atoms with van der Waals surface area (Å²) in [6, 6.07) is 2.46. The van der Waals surface area contributed by atoms with E-state index in [0.717, 1.165) is 12.8 Å². The maximum atomic E-state index is 14.5. The molecule has 0 aliphatic heterocycles. The number of halogens is 1. The summed E-state index contributed by atoms with van der Waals surface area (Å²) < 4.78 is 22.8. The Bertz CT molecular complexity index is 1210. The molecule has 3 aromatic heterocycles. The number of carboxylic acid groups (broad SMARTS) is 1. The topological polar surface area (TPSA) is 111 Å². The maximum Gasteiger partial charge on any atom is 0.352 e. The molecule has 1 fully saturated rings. The predicted molar refractivity (Wildman–Crippen MR) is 112 cm³/mol. The summed E-state index contributed by atoms with van der Waals surface area (Å²) in [7, 11) is 3.29. The van der Waals surface area contributed by atoms with Gasteiger partial charge in [-0.15, -0.1) is 0 Å². The second-order valence-corrected chi connectivity index (χ2v) is 7.86. The molecule has 9 nitrogen and oxygen atoms in total. The Morgan fingerprint density at radius 2 is 1.97 bits per heavy atom. The zero-order valence-electron chi connectivity index (χ0n) is 17.6. The van der Waals surface area contributed by atoms with Crippen molar-refractivity contribution in [1.82, 2.24) is 19.1 Å². The zero-order valence-corrected chi connectivity index (χ0v) is 17.6. The normalized spacial score (nSPS) is 19.0. The standard InChI is InChI=1S/C21H24FN5O4/c1-11-15-9-16(22)19(28)27(13-4-6-14(31-3)7-5-13)18(15)25-21(23-11)24-12-8-17(20(29)30)26(2)10-12/h8-10,13-14H,4-7H2,1-3H3,(H,29,30)(H,23,24,25). The summed E-state index contributed by atoms with van der Waals surface area (Å²) >= 11 is 0. The van der Waals surface area contributed by atoms with E-state index in [4.69, 9.17) is 4.74 Å². The van der Waals surface area contributed by atoms with Crippen molar-refractivity contribution in [3.63, 3.8) is 0 Å². The molecular formula is C21H24FN5O4. The quantitative estimate of drug-likeness (QED) is 0.641. The Morgan fingerprint density at radius 1 is 1.26 bits per heavy atom. The van der Waals surface area contributed by atoms with E-state index in [-0.39, 0.29) is 23.8 Å². The molecule has 0 atom stereocenters. The third-order valence-corrected chi connectivity index (χ3v) is 5.86. The van der Waals surface area contributed by atoms with Gasteiger partial charge in [-0.25, -0.2) is 14.2 Å². The first kappa shape index (κ1) is 21.0. The molecule has 31 heavy (non-hydrogen) atoms. The van der Waals surface area contributed by atoms with Crippen molar-refractivity contribution in [2.45, 2.75) is 44.8 Å². The second kappa shape index (κ2) is 8.10. The van der Waals surface area contributed by atoms with Gasteiger partial charge in [0.15, 0.2) is 5.82 Å². The van der Waals surface area contributed by atoms with Crippen LogP contribution >= 0.6 is 0 Å². The fourth-order valence-electron chi connectivity index (χ4n) is 4.23. The van der Waals surface area contributed by atoms with Gasteiger partial charge in [0.25, 0.3) is 5.56 Å². The number of ether oxygens (including phenoxy) is 1. The first-order valence-corrected chi connectivity index (χ1v) is 10.1. The van der Waals surface area contributed by atoms with E-state index in [1.54, 1.807) is 27.3 Å². The van der Waals surface area contributed by atoms with Crippen LogP contribution in [0.1, 0.15) is 47.9 Å². The van der Waals surface area contributed by atoms with Gasteiger partial charge in [-0.3, -0.25) is 9.36 Å². The van der Waals surface area contributed by atoms with Crippen LogP contribution in [0.5, 0.6) is 0 Å². The molecule has 0 spiro atoms. The molecule has 0 saturated heterocycles. The number of rotatable bonds is 5. The van der Waals surface area contributed by atoms with Crippen LogP contribution in [0, 0.1) is 12.7 Å². The Morgan fingerprint density at radius 3 is 2.58 bits per heavy atom. The van der Waals surface area contributed by atoms with Gasteiger partial charge in [0.05, 0.1) is 17.5 Å². The number of nitrogens with one attached hydrogen (secondary N) is 1. The lowest BCUT2D eigenvalue weighted by atomic mass is 9.92. The van der Waals surface area contributed by atoms with E-state index >= 15 is 0 Å². The van der Waals surface area contributed by atoms with Crippen molar-refractivity contribution in [3.8, 4) is 0 Å². The van der Waals surface area contributed by atoms with Gasteiger partial charge in [-0.05, 0) is 44.7 Å². The van der Waals surface area contributed by atoms with Gasteiger partial charge in [0, 0.05) is 31.8 Å². The Hall–Kier alpha value is -3.27. The van der Waals surface area contributed by atoms with Crippen LogP contribution in [0.3, 0.4) is 0 Å². The van der Waals surface area contributed by atoms with Crippen molar-refractivity contribution < 1.29 is 19.0 Å². The van der Waals surface area contributed by atoms with Crippen molar-refractivity contribution in [3.05, 3.63) is 45.9 Å². The van der Waals surface area contributed by atoms with Crippen LogP contribution in [0.4, 0.5) is 16.0 Å². The SMILES string of the molecule is COC1CCC(n2c(=O)c(F)cc3c(C)nc(Nc4cc(C(=O)O)n(C)c4)nc32)CC1. The lowest BCUT2D eigenvalue weighted by Crippen LogP contribution is -2.32. The summed E-state index contributed by atoms with van der Waals surface area (Å²) in [6.07, 6.45) is 4.68. The van der Waals surface area contributed by atoms with Gasteiger partial charge < -0.3 is 19.7 Å². The number of hydrogen-bond acceptors (Lipinski definition) is 6. The predicted octanol–water partition coefficient (Wildman–Crippen LogP) is 3.15. The monoisotopic (exact) mass is 429 g/mol. The van der Waals surface area contributed by atoms with E-state index in [0.29, 0.717) is 35.3 Å². The lowest BCUT2D eigenvalue weighted by Gasteiger charge is -2.29. The number of aromatic carboxylic acids is 1. The highest BCUT2D eigenvalue weighted by Gasteiger charge is 2.26. The molecule has 0 radical (unpaired) electrons. The Kier molecular flexibility index (Phi) is 5.48. The van der Waals surface area contributed by atoms with Gasteiger partial charge in [0.1, 0.15) is 11.3 Å². The molecule has 0 unspecified atom stereocenters. The molecule has 0 aromatic carbocycles. The zero-order chi connectivity index (χ0) is 22.3. The van der Waals surface area contributed by atoms with Crippen LogP contribution in [0.25, 0.3) is 11.0 Å². The van der Waals surface area contributed by atoms with E-state index < -0.39 is 17.3 Å². The summed E-state index contributed by atoms with van der Waals surface area (Å²) in [5.74, 6) is -1.68. The van der Waals surface area contributed by atoms with Crippen molar-refractivity contribution >= 4 is 28.6 Å². The fourth-order valence-corrected chi connectivity index (χ4v) is 4.23. The highest BCUT2D eigenvalue weighted by molar-refractivity contribution is 5.87. The molecular weight excluding hydrogens is 405 g/mol. The highest BCUT2D eigenvalue weighted by Crippen LogP contribution is 2.31. The number of aromatic nitrogens is 4. The highest BCUT2D eigenvalue weighted by atomic mass is 19.1. The van der Waals surface area contributed by atoms with Crippen LogP contribution in [0.15, 0.2) is 23.1 Å². The molecule has 1 aliphatic carbocycles. The van der Waals surface area contributed by atoms with Crippen molar-refractivity contribution in [1.29, 1.82) is 0 Å². The first-order valence-electron chi connectivity index (χ1n) is 10.1. The number of aryl methyl sites for hydroxylation is 2. The first-order chi connectivity index (χ1) is 14.8. The van der Waals surface area contributed by atoms with Crippen LogP contribution in [-0.4, -0.2) is 43.4 Å². The number of fused-ring (bicyclic) bond motifs is 1. The van der Waals surface area contributed by atoms with E-state index in [1.807, 2.05) is 0 Å². The average molecular weight is 429 g/mol. The van der Waals surface area contributed by atoms with Gasteiger partial charge >= 0.3 is 5.97 Å². The summed E-state index contributed by atoms with van der Waals surface area (Å²) in [6.45, 7) is 1.72. The minimum atomic E-state index is -1.05. The number of nitrogens with zero attached hydrogens (tertiary/aromatic N) is 4. The minimum absolute atomic E-state index is 0.105.